The lowest BCUT2D eigenvalue weighted by Gasteiger charge is -2.17. The molecule has 0 saturated carbocycles. The van der Waals surface area contributed by atoms with Gasteiger partial charge in [-0.3, -0.25) is 4.79 Å². The third-order valence-electron chi connectivity index (χ3n) is 4.26. The maximum atomic E-state index is 13.7. The molecular weight excluding hydrogens is 327 g/mol. The third kappa shape index (κ3) is 4.26. The van der Waals surface area contributed by atoms with Crippen LogP contribution in [-0.2, 0) is 17.8 Å². The summed E-state index contributed by atoms with van der Waals surface area (Å²) in [7, 11) is 0. The molecular formula is C19H20ClFN2O. The van der Waals surface area contributed by atoms with Crippen molar-refractivity contribution >= 4 is 23.2 Å². The van der Waals surface area contributed by atoms with Crippen LogP contribution in [-0.4, -0.2) is 19.0 Å². The lowest BCUT2D eigenvalue weighted by Crippen LogP contribution is -2.25. The summed E-state index contributed by atoms with van der Waals surface area (Å²) in [5, 5.41) is 3.15. The van der Waals surface area contributed by atoms with Crippen LogP contribution in [0.3, 0.4) is 0 Å². The summed E-state index contributed by atoms with van der Waals surface area (Å²) in [6.45, 7) is 2.67. The maximum absolute atomic E-state index is 13.7. The first-order valence-corrected chi connectivity index (χ1v) is 8.54. The van der Waals surface area contributed by atoms with Gasteiger partial charge in [-0.15, -0.1) is 0 Å². The number of carbonyl (C=O) groups is 1. The molecule has 1 aliphatic heterocycles. The first-order valence-electron chi connectivity index (χ1n) is 8.16. The molecule has 5 heteroatoms. The van der Waals surface area contributed by atoms with Crippen molar-refractivity contribution in [2.24, 2.45) is 0 Å². The Morgan fingerprint density at radius 1 is 1.12 bits per heavy atom. The van der Waals surface area contributed by atoms with Crippen molar-refractivity contribution in [1.29, 1.82) is 0 Å². The highest BCUT2D eigenvalue weighted by Gasteiger charge is 2.12. The molecule has 1 heterocycles. The Kier molecular flexibility index (Phi) is 5.36. The number of nitrogens with zero attached hydrogens (tertiary/aromatic N) is 1. The predicted octanol–water partition coefficient (Wildman–Crippen LogP) is 3.94. The minimum absolute atomic E-state index is 0.00879. The minimum Gasteiger partial charge on any atom is -0.372 e. The monoisotopic (exact) mass is 346 g/mol. The van der Waals surface area contributed by atoms with Gasteiger partial charge in [-0.2, -0.15) is 0 Å². The normalized spacial score (nSPS) is 14.0. The van der Waals surface area contributed by atoms with Crippen LogP contribution in [0, 0.1) is 5.82 Å². The van der Waals surface area contributed by atoms with E-state index in [0.29, 0.717) is 17.1 Å². The molecule has 24 heavy (non-hydrogen) atoms. The van der Waals surface area contributed by atoms with Crippen LogP contribution < -0.4 is 10.2 Å². The molecule has 126 valence electrons. The molecule has 2 aromatic carbocycles. The Balaban J connectivity index is 1.52. The Labute approximate surface area is 146 Å². The lowest BCUT2D eigenvalue weighted by atomic mass is 10.1. The Morgan fingerprint density at radius 3 is 2.50 bits per heavy atom. The molecule has 3 rings (SSSR count). The van der Waals surface area contributed by atoms with Crippen LogP contribution >= 0.6 is 11.6 Å². The van der Waals surface area contributed by atoms with Gasteiger partial charge < -0.3 is 10.2 Å². The minimum atomic E-state index is -0.451. The average Bonchev–Trinajstić information content (AvgIpc) is 3.11. The summed E-state index contributed by atoms with van der Waals surface area (Å²) >= 11 is 5.71. The number of carbonyl (C=O) groups excluding carboxylic acids is 1. The van der Waals surface area contributed by atoms with E-state index in [4.69, 9.17) is 11.6 Å². The van der Waals surface area contributed by atoms with E-state index in [1.54, 1.807) is 12.1 Å². The van der Waals surface area contributed by atoms with E-state index in [0.717, 1.165) is 18.7 Å². The first-order chi connectivity index (χ1) is 11.6. The quantitative estimate of drug-likeness (QED) is 0.889. The van der Waals surface area contributed by atoms with E-state index in [9.17, 15) is 9.18 Å². The molecule has 0 unspecified atom stereocenters. The molecule has 0 radical (unpaired) electrons. The van der Waals surface area contributed by atoms with Crippen LogP contribution in [0.5, 0.6) is 0 Å². The lowest BCUT2D eigenvalue weighted by molar-refractivity contribution is -0.120. The van der Waals surface area contributed by atoms with E-state index < -0.39 is 5.82 Å². The van der Waals surface area contributed by atoms with Crippen molar-refractivity contribution in [1.82, 2.24) is 5.32 Å². The molecule has 1 amide bonds. The largest absolute Gasteiger partial charge is 0.372 e. The Morgan fingerprint density at radius 2 is 1.83 bits per heavy atom. The second-order valence-corrected chi connectivity index (χ2v) is 6.49. The zero-order valence-corrected chi connectivity index (χ0v) is 14.2. The molecule has 2 aromatic rings. The highest BCUT2D eigenvalue weighted by molar-refractivity contribution is 6.30. The van der Waals surface area contributed by atoms with Crippen LogP contribution in [0.25, 0.3) is 0 Å². The van der Waals surface area contributed by atoms with E-state index in [1.807, 2.05) is 12.1 Å². The molecule has 0 aromatic heterocycles. The molecule has 0 atom stereocenters. The second kappa shape index (κ2) is 7.67. The van der Waals surface area contributed by atoms with Gasteiger partial charge in [0.2, 0.25) is 5.91 Å². The SMILES string of the molecule is O=C(Cc1ccc(Cl)cc1F)NCc1ccc(N2CCCC2)cc1. The molecule has 0 spiro atoms. The van der Waals surface area contributed by atoms with Crippen LogP contribution in [0.4, 0.5) is 10.1 Å². The summed E-state index contributed by atoms with van der Waals surface area (Å²) in [4.78, 5) is 14.3. The summed E-state index contributed by atoms with van der Waals surface area (Å²) in [5.41, 5.74) is 2.61. The van der Waals surface area contributed by atoms with E-state index in [1.165, 1.54) is 24.6 Å². The maximum Gasteiger partial charge on any atom is 0.224 e. The number of amides is 1. The molecule has 1 fully saturated rings. The summed E-state index contributed by atoms with van der Waals surface area (Å²) < 4.78 is 13.7. The topological polar surface area (TPSA) is 32.3 Å². The zero-order chi connectivity index (χ0) is 16.9. The number of halogens is 2. The van der Waals surface area contributed by atoms with Gasteiger partial charge in [0, 0.05) is 30.3 Å². The van der Waals surface area contributed by atoms with Crippen LogP contribution in [0.15, 0.2) is 42.5 Å². The van der Waals surface area contributed by atoms with Gasteiger partial charge >= 0.3 is 0 Å². The number of benzene rings is 2. The summed E-state index contributed by atoms with van der Waals surface area (Å²) in [6, 6.07) is 12.6. The van der Waals surface area contributed by atoms with Crippen molar-refractivity contribution < 1.29 is 9.18 Å². The molecule has 1 N–H and O–H groups in total. The van der Waals surface area contributed by atoms with Crippen LogP contribution in [0.1, 0.15) is 24.0 Å². The fourth-order valence-electron chi connectivity index (χ4n) is 2.90. The van der Waals surface area contributed by atoms with Crippen molar-refractivity contribution in [2.45, 2.75) is 25.8 Å². The van der Waals surface area contributed by atoms with Gasteiger partial charge in [0.1, 0.15) is 5.82 Å². The molecule has 3 nitrogen and oxygen atoms in total. The molecule has 0 bridgehead atoms. The number of hydrogen-bond donors (Lipinski definition) is 1. The number of nitrogens with one attached hydrogen (secondary N) is 1. The summed E-state index contributed by atoms with van der Waals surface area (Å²) in [6.07, 6.45) is 2.51. The van der Waals surface area contributed by atoms with Gasteiger partial charge in [-0.05, 0) is 48.2 Å². The molecule has 0 aliphatic carbocycles. The van der Waals surface area contributed by atoms with Crippen molar-refractivity contribution in [3.8, 4) is 0 Å². The molecule has 1 aliphatic rings. The first kappa shape index (κ1) is 16.8. The predicted molar refractivity (Wildman–Crippen MR) is 94.8 cm³/mol. The number of anilines is 1. The standard InChI is InChI=1S/C19H20ClFN2O/c20-16-6-5-15(18(21)12-16)11-19(24)22-13-14-3-7-17(8-4-14)23-9-1-2-10-23/h3-8,12H,1-2,9-11,13H2,(H,22,24). The average molecular weight is 347 g/mol. The Hall–Kier alpha value is -2.07. The number of rotatable bonds is 5. The van der Waals surface area contributed by atoms with Crippen molar-refractivity contribution in [3.63, 3.8) is 0 Å². The van der Waals surface area contributed by atoms with Gasteiger partial charge in [0.05, 0.1) is 6.42 Å². The van der Waals surface area contributed by atoms with E-state index in [-0.39, 0.29) is 12.3 Å². The number of hydrogen-bond acceptors (Lipinski definition) is 2. The highest BCUT2D eigenvalue weighted by Crippen LogP contribution is 2.20. The smallest absolute Gasteiger partial charge is 0.224 e. The van der Waals surface area contributed by atoms with Gasteiger partial charge in [-0.1, -0.05) is 29.8 Å². The van der Waals surface area contributed by atoms with Gasteiger partial charge in [-0.25, -0.2) is 4.39 Å². The zero-order valence-electron chi connectivity index (χ0n) is 13.4. The van der Waals surface area contributed by atoms with Gasteiger partial charge in [0.25, 0.3) is 0 Å². The molecule has 1 saturated heterocycles. The van der Waals surface area contributed by atoms with Crippen molar-refractivity contribution in [3.05, 3.63) is 64.4 Å². The fourth-order valence-corrected chi connectivity index (χ4v) is 3.06. The summed E-state index contributed by atoms with van der Waals surface area (Å²) in [5.74, 6) is -0.660. The third-order valence-corrected chi connectivity index (χ3v) is 4.50. The van der Waals surface area contributed by atoms with Crippen molar-refractivity contribution in [2.75, 3.05) is 18.0 Å². The fraction of sp³-hybridized carbons (Fsp3) is 0.316. The highest BCUT2D eigenvalue weighted by atomic mass is 35.5. The second-order valence-electron chi connectivity index (χ2n) is 6.05. The van der Waals surface area contributed by atoms with E-state index in [2.05, 4.69) is 22.3 Å². The van der Waals surface area contributed by atoms with E-state index >= 15 is 0 Å². The van der Waals surface area contributed by atoms with Crippen LogP contribution in [0.2, 0.25) is 5.02 Å². The Bertz CT molecular complexity index is 712. The van der Waals surface area contributed by atoms with Gasteiger partial charge in [0.15, 0.2) is 0 Å².